The number of nitriles is 1. The first-order chi connectivity index (χ1) is 10.2. The molecule has 0 aliphatic heterocycles. The normalized spacial score (nSPS) is 10.1. The molecule has 0 radical (unpaired) electrons. The lowest BCUT2D eigenvalue weighted by Gasteiger charge is -2.13. The second kappa shape index (κ2) is 7.41. The second-order valence-electron chi connectivity index (χ2n) is 4.80. The molecule has 0 aliphatic carbocycles. The minimum atomic E-state index is 0.346. The maximum absolute atomic E-state index is 9.04. The molecule has 2 aromatic rings. The van der Waals surface area contributed by atoms with Crippen LogP contribution in [-0.2, 0) is 13.2 Å². The summed E-state index contributed by atoms with van der Waals surface area (Å²) in [6, 6.07) is 11.9. The van der Waals surface area contributed by atoms with Crippen molar-refractivity contribution in [2.75, 3.05) is 6.54 Å². The molecule has 1 N–H and O–H groups in total. The number of pyridine rings is 1. The maximum atomic E-state index is 9.04. The van der Waals surface area contributed by atoms with Crippen LogP contribution < -0.4 is 10.1 Å². The van der Waals surface area contributed by atoms with Crippen molar-refractivity contribution in [1.82, 2.24) is 10.3 Å². The number of aryl methyl sites for hydroxylation is 1. The number of aromatic nitrogens is 1. The summed E-state index contributed by atoms with van der Waals surface area (Å²) in [5.41, 5.74) is 3.54. The molecule has 0 amide bonds. The van der Waals surface area contributed by atoms with E-state index in [0.29, 0.717) is 12.3 Å². The van der Waals surface area contributed by atoms with E-state index < -0.39 is 0 Å². The Morgan fingerprint density at radius 2 is 2.14 bits per heavy atom. The maximum Gasteiger partial charge on any atom is 0.147 e. The zero-order valence-electron chi connectivity index (χ0n) is 12.4. The predicted octanol–water partition coefficient (Wildman–Crippen LogP) is 2.95. The molecule has 0 bridgehead atoms. The summed E-state index contributed by atoms with van der Waals surface area (Å²) in [6.07, 6.45) is 1.62. The fourth-order valence-corrected chi connectivity index (χ4v) is 2.06. The third-order valence-electron chi connectivity index (χ3n) is 3.16. The van der Waals surface area contributed by atoms with Crippen LogP contribution in [0.25, 0.3) is 0 Å². The lowest BCUT2D eigenvalue weighted by atomic mass is 10.1. The van der Waals surface area contributed by atoms with Gasteiger partial charge in [0.2, 0.25) is 0 Å². The van der Waals surface area contributed by atoms with Gasteiger partial charge in [-0.25, -0.2) is 4.98 Å². The summed E-state index contributed by atoms with van der Waals surface area (Å²) in [5.74, 6) is 0.842. The molecule has 0 spiro atoms. The Bertz CT molecular complexity index is 647. The van der Waals surface area contributed by atoms with Crippen molar-refractivity contribution in [1.29, 1.82) is 5.26 Å². The van der Waals surface area contributed by atoms with E-state index in [4.69, 9.17) is 10.00 Å². The van der Waals surface area contributed by atoms with Crippen molar-refractivity contribution < 1.29 is 4.74 Å². The molecule has 0 saturated carbocycles. The van der Waals surface area contributed by atoms with Gasteiger partial charge in [-0.1, -0.05) is 30.7 Å². The second-order valence-corrected chi connectivity index (χ2v) is 4.80. The van der Waals surface area contributed by atoms with Crippen molar-refractivity contribution in [2.24, 2.45) is 0 Å². The highest BCUT2D eigenvalue weighted by Gasteiger charge is 2.07. The summed E-state index contributed by atoms with van der Waals surface area (Å²) in [6.45, 7) is 6.17. The number of nitrogens with one attached hydrogen (secondary N) is 1. The average Bonchev–Trinajstić information content (AvgIpc) is 2.52. The smallest absolute Gasteiger partial charge is 0.147 e. The van der Waals surface area contributed by atoms with E-state index in [0.717, 1.165) is 30.0 Å². The topological polar surface area (TPSA) is 57.9 Å². The van der Waals surface area contributed by atoms with E-state index in [1.54, 1.807) is 6.20 Å². The molecule has 0 saturated heterocycles. The largest absolute Gasteiger partial charge is 0.488 e. The van der Waals surface area contributed by atoms with Crippen LogP contribution in [0.4, 0.5) is 0 Å². The zero-order valence-corrected chi connectivity index (χ0v) is 12.4. The van der Waals surface area contributed by atoms with E-state index >= 15 is 0 Å². The molecule has 0 fully saturated rings. The first kappa shape index (κ1) is 15.0. The van der Waals surface area contributed by atoms with Gasteiger partial charge < -0.3 is 10.1 Å². The first-order valence-electron chi connectivity index (χ1n) is 7.01. The number of hydrogen-bond acceptors (Lipinski definition) is 4. The average molecular weight is 281 g/mol. The van der Waals surface area contributed by atoms with Crippen molar-refractivity contribution >= 4 is 0 Å². The van der Waals surface area contributed by atoms with Crippen LogP contribution in [0.3, 0.4) is 0 Å². The van der Waals surface area contributed by atoms with Gasteiger partial charge in [-0.3, -0.25) is 0 Å². The summed E-state index contributed by atoms with van der Waals surface area (Å²) in [4.78, 5) is 4.04. The van der Waals surface area contributed by atoms with Crippen LogP contribution in [0.5, 0.6) is 5.75 Å². The Morgan fingerprint density at radius 3 is 2.90 bits per heavy atom. The summed E-state index contributed by atoms with van der Waals surface area (Å²) in [5, 5.41) is 12.4. The molecule has 1 aromatic carbocycles. The van der Waals surface area contributed by atoms with Crippen LogP contribution in [0, 0.1) is 18.3 Å². The number of rotatable bonds is 6. The first-order valence-corrected chi connectivity index (χ1v) is 7.01. The molecular formula is C17H19N3O. The summed E-state index contributed by atoms with van der Waals surface area (Å²) >= 11 is 0. The Hall–Kier alpha value is -2.38. The van der Waals surface area contributed by atoms with E-state index in [9.17, 15) is 0 Å². The highest BCUT2D eigenvalue weighted by Crippen LogP contribution is 2.21. The minimum Gasteiger partial charge on any atom is -0.488 e. The Balaban J connectivity index is 2.14. The highest BCUT2D eigenvalue weighted by molar-refractivity contribution is 5.37. The van der Waals surface area contributed by atoms with Crippen molar-refractivity contribution in [3.05, 3.63) is 58.9 Å². The van der Waals surface area contributed by atoms with E-state index in [1.165, 1.54) is 5.56 Å². The Morgan fingerprint density at radius 1 is 1.29 bits per heavy atom. The van der Waals surface area contributed by atoms with E-state index in [1.807, 2.05) is 24.3 Å². The van der Waals surface area contributed by atoms with Gasteiger partial charge >= 0.3 is 0 Å². The van der Waals surface area contributed by atoms with Crippen molar-refractivity contribution in [2.45, 2.75) is 27.0 Å². The number of benzene rings is 1. The fraction of sp³-hybridized carbons (Fsp3) is 0.294. The molecule has 4 heteroatoms. The summed E-state index contributed by atoms with van der Waals surface area (Å²) < 4.78 is 5.89. The number of ether oxygens (including phenoxy) is 1. The molecule has 0 atom stereocenters. The van der Waals surface area contributed by atoms with Crippen LogP contribution >= 0.6 is 0 Å². The van der Waals surface area contributed by atoms with Crippen LogP contribution in [-0.4, -0.2) is 11.5 Å². The van der Waals surface area contributed by atoms with Crippen LogP contribution in [0.2, 0.25) is 0 Å². The SMILES string of the molecule is CCNCc1cc(C)ccc1OCc1cccnc1C#N. The molecule has 1 aromatic heterocycles. The lowest BCUT2D eigenvalue weighted by molar-refractivity contribution is 0.301. The van der Waals surface area contributed by atoms with E-state index in [-0.39, 0.29) is 0 Å². The Kier molecular flexibility index (Phi) is 5.30. The zero-order chi connectivity index (χ0) is 15.1. The summed E-state index contributed by atoms with van der Waals surface area (Å²) in [7, 11) is 0. The molecule has 21 heavy (non-hydrogen) atoms. The van der Waals surface area contributed by atoms with Crippen molar-refractivity contribution in [3.63, 3.8) is 0 Å². The Labute approximate surface area is 125 Å². The van der Waals surface area contributed by atoms with Crippen molar-refractivity contribution in [3.8, 4) is 11.8 Å². The molecule has 108 valence electrons. The van der Waals surface area contributed by atoms with Crippen LogP contribution in [0.15, 0.2) is 36.5 Å². The van der Waals surface area contributed by atoms with Gasteiger partial charge in [0.05, 0.1) is 0 Å². The standard InChI is InChI=1S/C17H19N3O/c1-3-19-11-15-9-13(2)6-7-17(15)21-12-14-5-4-8-20-16(14)10-18/h4-9,19H,3,11-12H2,1-2H3. The third-order valence-corrected chi connectivity index (χ3v) is 3.16. The molecule has 0 unspecified atom stereocenters. The van der Waals surface area contributed by atoms with Gasteiger partial charge in [0.1, 0.15) is 24.1 Å². The van der Waals surface area contributed by atoms with Gasteiger partial charge in [0.25, 0.3) is 0 Å². The minimum absolute atomic E-state index is 0.346. The number of nitrogens with zero attached hydrogens (tertiary/aromatic N) is 2. The molecule has 2 rings (SSSR count). The van der Waals surface area contributed by atoms with Gasteiger partial charge in [-0.05, 0) is 25.6 Å². The molecular weight excluding hydrogens is 262 g/mol. The third kappa shape index (κ3) is 4.04. The van der Waals surface area contributed by atoms with E-state index in [2.05, 4.69) is 36.3 Å². The van der Waals surface area contributed by atoms with Gasteiger partial charge in [-0.2, -0.15) is 5.26 Å². The predicted molar refractivity (Wildman–Crippen MR) is 81.8 cm³/mol. The molecule has 4 nitrogen and oxygen atoms in total. The highest BCUT2D eigenvalue weighted by atomic mass is 16.5. The molecule has 1 heterocycles. The van der Waals surface area contributed by atoms with Crippen LogP contribution in [0.1, 0.15) is 29.3 Å². The van der Waals surface area contributed by atoms with Gasteiger partial charge in [-0.15, -0.1) is 0 Å². The van der Waals surface area contributed by atoms with Gasteiger partial charge in [0.15, 0.2) is 0 Å². The lowest BCUT2D eigenvalue weighted by Crippen LogP contribution is -2.13. The fourth-order valence-electron chi connectivity index (χ4n) is 2.06. The van der Waals surface area contributed by atoms with Gasteiger partial charge in [0, 0.05) is 23.9 Å². The molecule has 0 aliphatic rings. The monoisotopic (exact) mass is 281 g/mol. The quantitative estimate of drug-likeness (QED) is 0.884. The number of hydrogen-bond donors (Lipinski definition) is 1.